The molecule has 4 aromatic rings. The van der Waals surface area contributed by atoms with E-state index in [9.17, 15) is 5.11 Å². The molecule has 0 radical (unpaired) electrons. The van der Waals surface area contributed by atoms with Gasteiger partial charge in [-0.1, -0.05) is 31.5 Å². The summed E-state index contributed by atoms with van der Waals surface area (Å²) in [5, 5.41) is 10.7. The minimum atomic E-state index is -0.00416. The van der Waals surface area contributed by atoms with Crippen LogP contribution in [0.3, 0.4) is 0 Å². The van der Waals surface area contributed by atoms with Crippen LogP contribution in [0.15, 0.2) is 64.0 Å². The van der Waals surface area contributed by atoms with Crippen molar-refractivity contribution in [2.45, 2.75) is 26.2 Å². The number of rotatable bonds is 6. The molecule has 1 unspecified atom stereocenters. The number of ether oxygens (including phenoxy) is 1. The Morgan fingerprint density at radius 1 is 1.16 bits per heavy atom. The maximum Gasteiger partial charge on any atom is 0.227 e. The molecule has 0 bridgehead atoms. The van der Waals surface area contributed by atoms with Gasteiger partial charge in [-0.2, -0.15) is 0 Å². The first-order chi connectivity index (χ1) is 15.0. The zero-order valence-electron chi connectivity index (χ0n) is 17.6. The lowest BCUT2D eigenvalue weighted by Gasteiger charge is -2.07. The monoisotopic (exact) mass is 434 g/mol. The second-order valence-corrected chi connectivity index (χ2v) is 7.84. The fourth-order valence-corrected chi connectivity index (χ4v) is 3.51. The molecule has 31 heavy (non-hydrogen) atoms. The number of phenolic OH excluding ortho intramolecular Hbond substituents is 1. The Morgan fingerprint density at radius 2 is 1.94 bits per heavy atom. The number of aromatic hydroxyl groups is 1. The van der Waals surface area contributed by atoms with E-state index < -0.39 is 0 Å². The Morgan fingerprint density at radius 3 is 2.65 bits per heavy atom. The first kappa shape index (κ1) is 20.9. The van der Waals surface area contributed by atoms with Crippen LogP contribution in [0.25, 0.3) is 22.6 Å². The van der Waals surface area contributed by atoms with Gasteiger partial charge in [0, 0.05) is 28.4 Å². The van der Waals surface area contributed by atoms with Gasteiger partial charge in [-0.3, -0.25) is 4.99 Å². The zero-order valence-corrected chi connectivity index (χ0v) is 18.3. The molecule has 158 valence electrons. The summed E-state index contributed by atoms with van der Waals surface area (Å²) >= 11 is 6.07. The van der Waals surface area contributed by atoms with Crippen molar-refractivity contribution in [3.63, 3.8) is 0 Å². The molecule has 0 saturated heterocycles. The molecular formula is C25H23ClN2O3. The SMILES string of the molecule is CCC(C)c1ccc2oc(-c3ccc(N=Cc4cc(Cl)cc(OC)c4O)cc3)nc2c1. The molecule has 1 heterocycles. The smallest absolute Gasteiger partial charge is 0.227 e. The highest BCUT2D eigenvalue weighted by Gasteiger charge is 2.11. The van der Waals surface area contributed by atoms with Crippen molar-refractivity contribution in [3.05, 3.63) is 70.7 Å². The normalized spacial score (nSPS) is 12.5. The molecule has 0 aliphatic carbocycles. The highest BCUT2D eigenvalue weighted by atomic mass is 35.5. The minimum Gasteiger partial charge on any atom is -0.504 e. The van der Waals surface area contributed by atoms with Crippen LogP contribution in [0.4, 0.5) is 5.69 Å². The van der Waals surface area contributed by atoms with Gasteiger partial charge >= 0.3 is 0 Å². The number of benzene rings is 3. The number of oxazole rings is 1. The predicted octanol–water partition coefficient (Wildman–Crippen LogP) is 7.13. The van der Waals surface area contributed by atoms with Crippen molar-refractivity contribution >= 4 is 34.6 Å². The zero-order chi connectivity index (χ0) is 22.0. The number of nitrogens with zero attached hydrogens (tertiary/aromatic N) is 2. The second-order valence-electron chi connectivity index (χ2n) is 7.41. The van der Waals surface area contributed by atoms with Gasteiger partial charge in [-0.25, -0.2) is 4.98 Å². The van der Waals surface area contributed by atoms with Crippen molar-refractivity contribution in [2.24, 2.45) is 4.99 Å². The molecule has 4 rings (SSSR count). The third-order valence-corrected chi connectivity index (χ3v) is 5.57. The van der Waals surface area contributed by atoms with Crippen molar-refractivity contribution in [1.29, 1.82) is 0 Å². The first-order valence-electron chi connectivity index (χ1n) is 10.1. The van der Waals surface area contributed by atoms with Crippen LogP contribution in [0.5, 0.6) is 11.5 Å². The second kappa shape index (κ2) is 8.82. The summed E-state index contributed by atoms with van der Waals surface area (Å²) in [7, 11) is 1.47. The van der Waals surface area contributed by atoms with Crippen molar-refractivity contribution in [1.82, 2.24) is 4.98 Å². The third kappa shape index (κ3) is 4.42. The van der Waals surface area contributed by atoms with Crippen LogP contribution in [-0.4, -0.2) is 23.4 Å². The molecule has 0 aliphatic rings. The van der Waals surface area contributed by atoms with E-state index in [2.05, 4.69) is 36.0 Å². The Balaban J connectivity index is 1.57. The Kier molecular flexibility index (Phi) is 5.96. The standard InChI is InChI=1S/C25H23ClN2O3/c1-4-15(2)17-7-10-22-21(12-17)28-25(31-22)16-5-8-20(9-6-16)27-14-18-11-19(26)13-23(30-3)24(18)29/h5-15,29H,4H2,1-3H3. The predicted molar refractivity (Wildman–Crippen MR) is 125 cm³/mol. The number of aliphatic imine (C=N–C) groups is 1. The van der Waals surface area contributed by atoms with Crippen LogP contribution in [0.1, 0.15) is 37.3 Å². The van der Waals surface area contributed by atoms with Gasteiger partial charge in [0.2, 0.25) is 5.89 Å². The highest BCUT2D eigenvalue weighted by Crippen LogP contribution is 2.33. The molecular weight excluding hydrogens is 412 g/mol. The molecule has 0 fully saturated rings. The molecule has 0 spiro atoms. The lowest BCUT2D eigenvalue weighted by atomic mass is 9.98. The molecule has 0 amide bonds. The van der Waals surface area contributed by atoms with Gasteiger partial charge in [0.25, 0.3) is 0 Å². The number of fused-ring (bicyclic) bond motifs is 1. The third-order valence-electron chi connectivity index (χ3n) is 5.35. The lowest BCUT2D eigenvalue weighted by molar-refractivity contribution is 0.373. The van der Waals surface area contributed by atoms with Crippen molar-refractivity contribution < 1.29 is 14.3 Å². The van der Waals surface area contributed by atoms with Crippen molar-refractivity contribution in [3.8, 4) is 23.0 Å². The van der Waals surface area contributed by atoms with Gasteiger partial charge in [0.15, 0.2) is 17.1 Å². The number of methoxy groups -OCH3 is 1. The van der Waals surface area contributed by atoms with Crippen LogP contribution < -0.4 is 4.74 Å². The van der Waals surface area contributed by atoms with Gasteiger partial charge in [0.05, 0.1) is 12.8 Å². The summed E-state index contributed by atoms with van der Waals surface area (Å²) in [6.45, 7) is 4.39. The number of halogens is 1. The fraction of sp³-hybridized carbons (Fsp3) is 0.200. The largest absolute Gasteiger partial charge is 0.504 e. The topological polar surface area (TPSA) is 67.9 Å². The van der Waals surface area contributed by atoms with Crippen LogP contribution in [0.2, 0.25) is 5.02 Å². The van der Waals surface area contributed by atoms with E-state index in [1.165, 1.54) is 12.7 Å². The van der Waals surface area contributed by atoms with Crippen LogP contribution >= 0.6 is 11.6 Å². The van der Waals surface area contributed by atoms with Gasteiger partial charge < -0.3 is 14.3 Å². The summed E-state index contributed by atoms with van der Waals surface area (Å²) in [6, 6.07) is 16.9. The fourth-order valence-electron chi connectivity index (χ4n) is 3.29. The van der Waals surface area contributed by atoms with Gasteiger partial charge in [-0.15, -0.1) is 0 Å². The Labute approximate surface area is 186 Å². The Hall–Kier alpha value is -3.31. The summed E-state index contributed by atoms with van der Waals surface area (Å²) in [6.07, 6.45) is 2.63. The molecule has 1 aromatic heterocycles. The van der Waals surface area contributed by atoms with Crippen molar-refractivity contribution in [2.75, 3.05) is 7.11 Å². The minimum absolute atomic E-state index is 0.00416. The first-order valence-corrected chi connectivity index (χ1v) is 10.5. The van der Waals surface area contributed by atoms with E-state index in [0.29, 0.717) is 28.1 Å². The van der Waals surface area contributed by atoms with Gasteiger partial charge in [0.1, 0.15) is 5.52 Å². The summed E-state index contributed by atoms with van der Waals surface area (Å²) in [5.74, 6) is 1.36. The van der Waals surface area contributed by atoms with E-state index in [1.807, 2.05) is 30.3 Å². The number of phenols is 1. The average molecular weight is 435 g/mol. The lowest BCUT2D eigenvalue weighted by Crippen LogP contribution is -1.90. The quantitative estimate of drug-likeness (QED) is 0.328. The summed E-state index contributed by atoms with van der Waals surface area (Å²) < 4.78 is 11.1. The van der Waals surface area contributed by atoms with E-state index in [4.69, 9.17) is 20.8 Å². The average Bonchev–Trinajstić information content (AvgIpc) is 3.22. The van der Waals surface area contributed by atoms with Gasteiger partial charge in [-0.05, 0) is 60.4 Å². The maximum absolute atomic E-state index is 10.2. The van der Waals surface area contributed by atoms with Crippen LogP contribution in [-0.2, 0) is 0 Å². The molecule has 0 saturated carbocycles. The molecule has 3 aromatic carbocycles. The van der Waals surface area contributed by atoms with E-state index in [0.717, 1.165) is 28.8 Å². The summed E-state index contributed by atoms with van der Waals surface area (Å²) in [4.78, 5) is 9.08. The molecule has 1 N–H and O–H groups in total. The number of aromatic nitrogens is 1. The summed E-state index contributed by atoms with van der Waals surface area (Å²) in [5.41, 5.74) is 4.96. The maximum atomic E-state index is 10.2. The molecule has 5 nitrogen and oxygen atoms in total. The van der Waals surface area contributed by atoms with E-state index >= 15 is 0 Å². The molecule has 0 aliphatic heterocycles. The number of hydrogen-bond donors (Lipinski definition) is 1. The highest BCUT2D eigenvalue weighted by molar-refractivity contribution is 6.31. The molecule has 1 atom stereocenters. The Bertz CT molecular complexity index is 1250. The number of hydrogen-bond acceptors (Lipinski definition) is 5. The molecule has 6 heteroatoms. The van der Waals surface area contributed by atoms with Crippen LogP contribution in [0, 0.1) is 0 Å². The van der Waals surface area contributed by atoms with E-state index in [1.54, 1.807) is 18.3 Å². The van der Waals surface area contributed by atoms with E-state index in [-0.39, 0.29) is 5.75 Å².